The van der Waals surface area contributed by atoms with Crippen LogP contribution in [-0.2, 0) is 5.41 Å². The molecule has 0 aliphatic rings. The van der Waals surface area contributed by atoms with Crippen LogP contribution in [-0.4, -0.2) is 11.1 Å². The molecule has 0 radical (unpaired) electrons. The Labute approximate surface area is 121 Å². The average Bonchev–Trinajstić information content (AvgIpc) is 2.38. The number of hydrogen-bond acceptors (Lipinski definition) is 2. The van der Waals surface area contributed by atoms with Gasteiger partial charge in [0.1, 0.15) is 0 Å². The van der Waals surface area contributed by atoms with Gasteiger partial charge < -0.3 is 4.74 Å². The molecule has 2 heteroatoms. The van der Waals surface area contributed by atoms with Crippen LogP contribution in [0.3, 0.4) is 0 Å². The first-order chi connectivity index (χ1) is 9.36. The molecule has 0 spiro atoms. The van der Waals surface area contributed by atoms with Gasteiger partial charge in [0, 0.05) is 17.8 Å². The standard InChI is InChI=1S/C18H23NO/c1-13(2)20-17-11-8-15(12-19-17)14-6-9-16(10-7-14)18(3,4)5/h6-13H,1-5H3. The largest absolute Gasteiger partial charge is 0.475 e. The maximum Gasteiger partial charge on any atom is 0.213 e. The smallest absolute Gasteiger partial charge is 0.213 e. The van der Waals surface area contributed by atoms with Gasteiger partial charge in [-0.05, 0) is 36.5 Å². The number of rotatable bonds is 3. The predicted molar refractivity (Wildman–Crippen MR) is 84.1 cm³/mol. The monoisotopic (exact) mass is 269 g/mol. The summed E-state index contributed by atoms with van der Waals surface area (Å²) in [7, 11) is 0. The fraction of sp³-hybridized carbons (Fsp3) is 0.389. The van der Waals surface area contributed by atoms with Gasteiger partial charge in [-0.1, -0.05) is 45.0 Å². The molecule has 1 aromatic heterocycles. The highest BCUT2D eigenvalue weighted by Gasteiger charge is 2.13. The van der Waals surface area contributed by atoms with Crippen LogP contribution in [0, 0.1) is 0 Å². The third-order valence-corrected chi connectivity index (χ3v) is 3.18. The summed E-state index contributed by atoms with van der Waals surface area (Å²) >= 11 is 0. The lowest BCUT2D eigenvalue weighted by atomic mass is 9.86. The summed E-state index contributed by atoms with van der Waals surface area (Å²) in [6, 6.07) is 12.7. The molecule has 0 N–H and O–H groups in total. The summed E-state index contributed by atoms with van der Waals surface area (Å²) in [6.07, 6.45) is 2.02. The second-order valence-electron chi connectivity index (χ2n) is 6.38. The van der Waals surface area contributed by atoms with Gasteiger partial charge in [0.05, 0.1) is 6.10 Å². The Morgan fingerprint density at radius 1 is 0.900 bits per heavy atom. The van der Waals surface area contributed by atoms with Crippen LogP contribution in [0.1, 0.15) is 40.2 Å². The Balaban J connectivity index is 2.19. The van der Waals surface area contributed by atoms with Crippen LogP contribution in [0.25, 0.3) is 11.1 Å². The van der Waals surface area contributed by atoms with Gasteiger partial charge in [-0.25, -0.2) is 4.98 Å². The minimum absolute atomic E-state index is 0.152. The van der Waals surface area contributed by atoms with Crippen molar-refractivity contribution in [1.82, 2.24) is 4.98 Å². The van der Waals surface area contributed by atoms with Gasteiger partial charge in [0.15, 0.2) is 0 Å². The van der Waals surface area contributed by atoms with Gasteiger partial charge in [-0.3, -0.25) is 0 Å². The highest BCUT2D eigenvalue weighted by molar-refractivity contribution is 5.63. The Hall–Kier alpha value is -1.83. The van der Waals surface area contributed by atoms with Crippen LogP contribution in [0.4, 0.5) is 0 Å². The summed E-state index contributed by atoms with van der Waals surface area (Å²) in [4.78, 5) is 4.34. The SMILES string of the molecule is CC(C)Oc1ccc(-c2ccc(C(C)(C)C)cc2)cn1. The lowest BCUT2D eigenvalue weighted by Gasteiger charge is -2.19. The average molecular weight is 269 g/mol. The number of nitrogens with zero attached hydrogens (tertiary/aromatic N) is 1. The van der Waals surface area contributed by atoms with E-state index in [2.05, 4.69) is 56.1 Å². The van der Waals surface area contributed by atoms with Crippen LogP contribution in [0.5, 0.6) is 5.88 Å². The quantitative estimate of drug-likeness (QED) is 0.796. The molecule has 1 heterocycles. The summed E-state index contributed by atoms with van der Waals surface area (Å²) in [5, 5.41) is 0. The first-order valence-corrected chi connectivity index (χ1v) is 7.10. The Morgan fingerprint density at radius 3 is 1.95 bits per heavy atom. The van der Waals surface area contributed by atoms with E-state index < -0.39 is 0 Å². The van der Waals surface area contributed by atoms with E-state index in [-0.39, 0.29) is 11.5 Å². The number of pyridine rings is 1. The van der Waals surface area contributed by atoms with E-state index in [0.29, 0.717) is 5.88 Å². The summed E-state index contributed by atoms with van der Waals surface area (Å²) in [6.45, 7) is 10.7. The topological polar surface area (TPSA) is 22.1 Å². The zero-order valence-corrected chi connectivity index (χ0v) is 13.0. The number of benzene rings is 1. The summed E-state index contributed by atoms with van der Waals surface area (Å²) < 4.78 is 5.56. The lowest BCUT2D eigenvalue weighted by molar-refractivity contribution is 0.232. The molecule has 0 aliphatic carbocycles. The minimum atomic E-state index is 0.152. The number of hydrogen-bond donors (Lipinski definition) is 0. The summed E-state index contributed by atoms with van der Waals surface area (Å²) in [5.41, 5.74) is 3.82. The van der Waals surface area contributed by atoms with E-state index in [1.54, 1.807) is 0 Å². The zero-order chi connectivity index (χ0) is 14.8. The van der Waals surface area contributed by atoms with Gasteiger partial charge in [-0.2, -0.15) is 0 Å². The van der Waals surface area contributed by atoms with Crippen molar-refractivity contribution in [3.05, 3.63) is 48.2 Å². The summed E-state index contributed by atoms with van der Waals surface area (Å²) in [5.74, 6) is 0.676. The second kappa shape index (κ2) is 5.66. The Bertz CT molecular complexity index is 547. The van der Waals surface area contributed by atoms with Gasteiger partial charge in [0.25, 0.3) is 0 Å². The maximum absolute atomic E-state index is 5.56. The fourth-order valence-corrected chi connectivity index (χ4v) is 2.02. The number of ether oxygens (including phenoxy) is 1. The van der Waals surface area contributed by atoms with E-state index in [1.807, 2.05) is 26.1 Å². The van der Waals surface area contributed by atoms with E-state index in [0.717, 1.165) is 5.56 Å². The number of aromatic nitrogens is 1. The molecular formula is C18H23NO. The van der Waals surface area contributed by atoms with Gasteiger partial charge in [0.2, 0.25) is 5.88 Å². The van der Waals surface area contributed by atoms with Crippen LogP contribution in [0.2, 0.25) is 0 Å². The third kappa shape index (κ3) is 3.60. The van der Waals surface area contributed by atoms with Crippen LogP contribution in [0.15, 0.2) is 42.6 Å². The lowest BCUT2D eigenvalue weighted by Crippen LogP contribution is -2.10. The molecule has 0 saturated heterocycles. The molecule has 1 aromatic carbocycles. The molecule has 2 rings (SSSR count). The molecule has 0 aliphatic heterocycles. The maximum atomic E-state index is 5.56. The third-order valence-electron chi connectivity index (χ3n) is 3.18. The molecule has 20 heavy (non-hydrogen) atoms. The molecular weight excluding hydrogens is 246 g/mol. The molecule has 0 saturated carbocycles. The van der Waals surface area contributed by atoms with Gasteiger partial charge in [-0.15, -0.1) is 0 Å². The van der Waals surface area contributed by atoms with E-state index >= 15 is 0 Å². The highest BCUT2D eigenvalue weighted by atomic mass is 16.5. The van der Waals surface area contributed by atoms with Crippen LogP contribution < -0.4 is 4.74 Å². The highest BCUT2D eigenvalue weighted by Crippen LogP contribution is 2.26. The van der Waals surface area contributed by atoms with Crippen molar-refractivity contribution in [3.8, 4) is 17.0 Å². The zero-order valence-electron chi connectivity index (χ0n) is 13.0. The molecule has 0 fully saturated rings. The van der Waals surface area contributed by atoms with E-state index in [1.165, 1.54) is 11.1 Å². The van der Waals surface area contributed by atoms with Crippen molar-refractivity contribution in [1.29, 1.82) is 0 Å². The first kappa shape index (κ1) is 14.6. The molecule has 0 atom stereocenters. The minimum Gasteiger partial charge on any atom is -0.475 e. The molecule has 0 unspecified atom stereocenters. The van der Waals surface area contributed by atoms with Crippen molar-refractivity contribution < 1.29 is 4.74 Å². The van der Waals surface area contributed by atoms with Crippen molar-refractivity contribution in [2.45, 2.75) is 46.1 Å². The first-order valence-electron chi connectivity index (χ1n) is 7.10. The Morgan fingerprint density at radius 2 is 1.50 bits per heavy atom. The fourth-order valence-electron chi connectivity index (χ4n) is 2.02. The van der Waals surface area contributed by atoms with Crippen molar-refractivity contribution >= 4 is 0 Å². The molecule has 2 nitrogen and oxygen atoms in total. The van der Waals surface area contributed by atoms with Crippen molar-refractivity contribution in [3.63, 3.8) is 0 Å². The van der Waals surface area contributed by atoms with Gasteiger partial charge >= 0.3 is 0 Å². The van der Waals surface area contributed by atoms with Crippen molar-refractivity contribution in [2.75, 3.05) is 0 Å². The van der Waals surface area contributed by atoms with Crippen LogP contribution >= 0.6 is 0 Å². The normalized spacial score (nSPS) is 11.7. The Kier molecular flexibility index (Phi) is 4.12. The van der Waals surface area contributed by atoms with Crippen molar-refractivity contribution in [2.24, 2.45) is 0 Å². The molecule has 2 aromatic rings. The predicted octanol–water partition coefficient (Wildman–Crippen LogP) is 4.83. The molecule has 106 valence electrons. The van der Waals surface area contributed by atoms with E-state index in [4.69, 9.17) is 4.74 Å². The molecule has 0 bridgehead atoms. The van der Waals surface area contributed by atoms with E-state index in [9.17, 15) is 0 Å². The second-order valence-corrected chi connectivity index (χ2v) is 6.38. The molecule has 0 amide bonds.